The first-order valence-corrected chi connectivity index (χ1v) is 6.44. The summed E-state index contributed by atoms with van der Waals surface area (Å²) >= 11 is 0. The zero-order valence-electron chi connectivity index (χ0n) is 12.4. The number of benzene rings is 1. The van der Waals surface area contributed by atoms with Crippen molar-refractivity contribution in [1.82, 2.24) is 0 Å². The van der Waals surface area contributed by atoms with Crippen LogP contribution in [0.4, 0.5) is 30.7 Å². The molecule has 0 radical (unpaired) electrons. The first-order chi connectivity index (χ1) is 10.6. The molecule has 0 amide bonds. The Morgan fingerprint density at radius 1 is 1.04 bits per heavy atom. The van der Waals surface area contributed by atoms with Gasteiger partial charge in [-0.05, 0) is 24.6 Å². The Labute approximate surface area is 132 Å². The van der Waals surface area contributed by atoms with Crippen LogP contribution in [0.3, 0.4) is 0 Å². The van der Waals surface area contributed by atoms with Gasteiger partial charge in [0, 0.05) is 6.92 Å². The fourth-order valence-electron chi connectivity index (χ4n) is 1.90. The molecule has 1 unspecified atom stereocenters. The maximum Gasteiger partial charge on any atom is 0.459 e. The largest absolute Gasteiger partial charge is 0.459 e. The average Bonchev–Trinajstić information content (AvgIpc) is 2.35. The summed E-state index contributed by atoms with van der Waals surface area (Å²) in [4.78, 5) is 10.7. The van der Waals surface area contributed by atoms with E-state index in [9.17, 15) is 40.6 Å². The topological polar surface area (TPSA) is 46.5 Å². The molecule has 0 spiro atoms. The lowest BCUT2D eigenvalue weighted by molar-refractivity contribution is -0.361. The van der Waals surface area contributed by atoms with Gasteiger partial charge in [0.2, 0.25) is 0 Å². The van der Waals surface area contributed by atoms with Crippen LogP contribution in [0.2, 0.25) is 0 Å². The van der Waals surface area contributed by atoms with Crippen LogP contribution in [-0.2, 0) is 10.4 Å². The minimum absolute atomic E-state index is 0.0190. The van der Waals surface area contributed by atoms with Crippen molar-refractivity contribution in [3.05, 3.63) is 29.8 Å². The third-order valence-electron chi connectivity index (χ3n) is 3.12. The molecule has 0 saturated heterocycles. The number of carbonyl (C=O) groups excluding carboxylic acids is 1. The van der Waals surface area contributed by atoms with Crippen molar-refractivity contribution in [3.63, 3.8) is 0 Å². The van der Waals surface area contributed by atoms with E-state index in [1.807, 2.05) is 0 Å². The average molecular weight is 362 g/mol. The quantitative estimate of drug-likeness (QED) is 0.489. The second kappa shape index (κ2) is 6.23. The van der Waals surface area contributed by atoms with Crippen LogP contribution < -0.4 is 4.74 Å². The lowest BCUT2D eigenvalue weighted by Gasteiger charge is -2.34. The van der Waals surface area contributed by atoms with Gasteiger partial charge in [-0.25, -0.2) is 0 Å². The molecule has 0 bridgehead atoms. The van der Waals surface area contributed by atoms with Crippen LogP contribution in [-0.4, -0.2) is 29.1 Å². The highest BCUT2D eigenvalue weighted by atomic mass is 19.4. The van der Waals surface area contributed by atoms with Gasteiger partial charge in [0.15, 0.2) is 0 Å². The van der Waals surface area contributed by atoms with Gasteiger partial charge >= 0.3 is 24.0 Å². The summed E-state index contributed by atoms with van der Waals surface area (Å²) in [5.74, 6) is -12.6. The molecule has 1 aromatic carbocycles. The van der Waals surface area contributed by atoms with Crippen molar-refractivity contribution in [1.29, 1.82) is 0 Å². The van der Waals surface area contributed by atoms with E-state index in [0.29, 0.717) is 6.92 Å². The molecule has 24 heavy (non-hydrogen) atoms. The molecule has 0 fully saturated rings. The van der Waals surface area contributed by atoms with Crippen LogP contribution in [0.15, 0.2) is 24.3 Å². The van der Waals surface area contributed by atoms with Gasteiger partial charge in [-0.2, -0.15) is 30.7 Å². The molecule has 0 heterocycles. The van der Waals surface area contributed by atoms with Gasteiger partial charge in [0.1, 0.15) is 5.75 Å². The van der Waals surface area contributed by atoms with E-state index >= 15 is 0 Å². The fourth-order valence-corrected chi connectivity index (χ4v) is 1.90. The summed E-state index contributed by atoms with van der Waals surface area (Å²) in [6.45, 7) is 1.76. The van der Waals surface area contributed by atoms with E-state index < -0.39 is 36.0 Å². The van der Waals surface area contributed by atoms with Gasteiger partial charge in [-0.1, -0.05) is 12.1 Å². The fraction of sp³-hybridized carbons (Fsp3) is 0.500. The number of hydrogen-bond donors (Lipinski definition) is 1. The van der Waals surface area contributed by atoms with E-state index in [0.717, 1.165) is 31.2 Å². The van der Waals surface area contributed by atoms with Crippen molar-refractivity contribution in [2.24, 2.45) is 0 Å². The van der Waals surface area contributed by atoms with Gasteiger partial charge in [-0.15, -0.1) is 0 Å². The Balaban J connectivity index is 3.06. The number of alkyl halides is 7. The molecule has 1 aromatic rings. The third kappa shape index (κ3) is 4.16. The van der Waals surface area contributed by atoms with Gasteiger partial charge in [0.25, 0.3) is 0 Å². The number of carbonyl (C=O) groups is 1. The van der Waals surface area contributed by atoms with Crippen LogP contribution >= 0.6 is 0 Å². The number of ether oxygens (including phenoxy) is 1. The van der Waals surface area contributed by atoms with Crippen molar-refractivity contribution in [2.45, 2.75) is 43.9 Å². The maximum atomic E-state index is 13.4. The standard InChI is InChI=1S/C14H13F7O3/c1-8(22)24-10-5-3-9(4-6-10)11(2,23)7-12(15,16)13(17,18)14(19,20)21/h3-6,23H,7H2,1-2H3. The van der Waals surface area contributed by atoms with E-state index in [1.165, 1.54) is 0 Å². The highest BCUT2D eigenvalue weighted by Crippen LogP contribution is 2.50. The summed E-state index contributed by atoms with van der Waals surface area (Å²) in [7, 11) is 0. The highest BCUT2D eigenvalue weighted by Gasteiger charge is 2.73. The Hall–Kier alpha value is -1.84. The number of rotatable bonds is 5. The van der Waals surface area contributed by atoms with Crippen LogP contribution in [0.25, 0.3) is 0 Å². The van der Waals surface area contributed by atoms with Gasteiger partial charge < -0.3 is 9.84 Å². The summed E-state index contributed by atoms with van der Waals surface area (Å²) in [6.07, 6.45) is -8.63. The molecule has 0 aliphatic rings. The molecule has 3 nitrogen and oxygen atoms in total. The van der Waals surface area contributed by atoms with Crippen LogP contribution in [0.1, 0.15) is 25.8 Å². The second-order valence-corrected chi connectivity index (χ2v) is 5.35. The molecule has 0 saturated carbocycles. The van der Waals surface area contributed by atoms with Crippen LogP contribution in [0, 0.1) is 0 Å². The SMILES string of the molecule is CC(=O)Oc1ccc(C(C)(O)CC(F)(F)C(F)(F)C(F)(F)F)cc1. The van der Waals surface area contributed by atoms with Gasteiger partial charge in [0.05, 0.1) is 12.0 Å². The van der Waals surface area contributed by atoms with Crippen LogP contribution in [0.5, 0.6) is 5.75 Å². The second-order valence-electron chi connectivity index (χ2n) is 5.35. The Morgan fingerprint density at radius 2 is 1.50 bits per heavy atom. The summed E-state index contributed by atoms with van der Waals surface area (Å²) in [5, 5.41) is 9.93. The molecular weight excluding hydrogens is 349 g/mol. The minimum Gasteiger partial charge on any atom is -0.427 e. The summed E-state index contributed by atoms with van der Waals surface area (Å²) < 4.78 is 93.7. The predicted octanol–water partition coefficient (Wildman–Crippen LogP) is 4.04. The molecule has 136 valence electrons. The molecule has 1 N–H and O–H groups in total. The normalized spacial score (nSPS) is 15.8. The molecule has 1 atom stereocenters. The summed E-state index contributed by atoms with van der Waals surface area (Å²) in [5.41, 5.74) is -3.04. The predicted molar refractivity (Wildman–Crippen MR) is 67.9 cm³/mol. The lowest BCUT2D eigenvalue weighted by atomic mass is 9.87. The Morgan fingerprint density at radius 3 is 1.88 bits per heavy atom. The Kier molecular flexibility index (Phi) is 5.24. The van der Waals surface area contributed by atoms with Crippen molar-refractivity contribution in [3.8, 4) is 5.75 Å². The highest BCUT2D eigenvalue weighted by molar-refractivity contribution is 5.69. The monoisotopic (exact) mass is 362 g/mol. The van der Waals surface area contributed by atoms with E-state index in [2.05, 4.69) is 4.74 Å². The minimum atomic E-state index is -6.47. The molecular formula is C14H13F7O3. The smallest absolute Gasteiger partial charge is 0.427 e. The number of halogens is 7. The maximum absolute atomic E-state index is 13.4. The molecule has 1 rings (SSSR count). The first-order valence-electron chi connectivity index (χ1n) is 6.44. The van der Waals surface area contributed by atoms with Crippen molar-refractivity contribution < 1.29 is 45.4 Å². The first kappa shape index (κ1) is 20.2. The number of hydrogen-bond acceptors (Lipinski definition) is 3. The van der Waals surface area contributed by atoms with Gasteiger partial charge in [-0.3, -0.25) is 4.79 Å². The lowest BCUT2D eigenvalue weighted by Crippen LogP contribution is -2.54. The molecule has 0 aliphatic carbocycles. The Bertz CT molecular complexity index is 591. The third-order valence-corrected chi connectivity index (χ3v) is 3.12. The van der Waals surface area contributed by atoms with Crippen molar-refractivity contribution >= 4 is 5.97 Å². The summed E-state index contributed by atoms with van der Waals surface area (Å²) in [6, 6.07) is 4.09. The van der Waals surface area contributed by atoms with E-state index in [-0.39, 0.29) is 11.3 Å². The van der Waals surface area contributed by atoms with E-state index in [1.54, 1.807) is 0 Å². The number of aliphatic hydroxyl groups is 1. The van der Waals surface area contributed by atoms with E-state index in [4.69, 9.17) is 0 Å². The molecule has 10 heteroatoms. The zero-order chi connectivity index (χ0) is 19.0. The molecule has 0 aromatic heterocycles. The molecule has 0 aliphatic heterocycles. The van der Waals surface area contributed by atoms with Crippen molar-refractivity contribution in [2.75, 3.05) is 0 Å². The zero-order valence-corrected chi connectivity index (χ0v) is 12.4. The number of esters is 1.